The van der Waals surface area contributed by atoms with E-state index in [1.807, 2.05) is 98.8 Å². The van der Waals surface area contributed by atoms with Crippen LogP contribution in [0.1, 0.15) is 22.3 Å². The van der Waals surface area contributed by atoms with Crippen molar-refractivity contribution in [2.75, 3.05) is 0 Å². The summed E-state index contributed by atoms with van der Waals surface area (Å²) in [5.74, 6) is 0. The highest BCUT2D eigenvalue weighted by atomic mass is 16.1. The van der Waals surface area contributed by atoms with Crippen LogP contribution in [-0.4, -0.2) is 9.13 Å². The second-order valence-electron chi connectivity index (χ2n) is 10.8. The standard InChI is InChI=1S/C36H28N2O2/c1-21-15-27-31(17-23(21)3)37(25-11-7-5-8-12-25)33-20-30-34(19-29(33)35(27)39)38(26-13-9-6-10-14-26)32-18-24(4)22(2)16-28(32)36(30)40/h5-20H,1-4H3. The van der Waals surface area contributed by atoms with E-state index < -0.39 is 0 Å². The Kier molecular flexibility index (Phi) is 5.29. The molecule has 0 aliphatic heterocycles. The summed E-state index contributed by atoms with van der Waals surface area (Å²) in [6.07, 6.45) is 0. The first-order valence-electron chi connectivity index (χ1n) is 13.5. The summed E-state index contributed by atoms with van der Waals surface area (Å²) in [5.41, 5.74) is 9.29. The zero-order chi connectivity index (χ0) is 27.7. The van der Waals surface area contributed by atoms with Gasteiger partial charge >= 0.3 is 0 Å². The third kappa shape index (κ3) is 3.46. The molecule has 0 bridgehead atoms. The Balaban J connectivity index is 1.78. The molecule has 0 aliphatic carbocycles. The van der Waals surface area contributed by atoms with E-state index in [1.165, 1.54) is 0 Å². The van der Waals surface area contributed by atoms with Gasteiger partial charge in [0, 0.05) is 32.9 Å². The third-order valence-electron chi connectivity index (χ3n) is 8.31. The van der Waals surface area contributed by atoms with Gasteiger partial charge < -0.3 is 9.13 Å². The number of aryl methyl sites for hydroxylation is 4. The van der Waals surface area contributed by atoms with E-state index >= 15 is 0 Å². The van der Waals surface area contributed by atoms with Crippen molar-refractivity contribution in [3.05, 3.63) is 140 Å². The summed E-state index contributed by atoms with van der Waals surface area (Å²) in [6, 6.07) is 32.1. The summed E-state index contributed by atoms with van der Waals surface area (Å²) >= 11 is 0. The van der Waals surface area contributed by atoms with Crippen molar-refractivity contribution < 1.29 is 0 Å². The van der Waals surface area contributed by atoms with Crippen LogP contribution in [-0.2, 0) is 0 Å². The van der Waals surface area contributed by atoms with Crippen LogP contribution >= 0.6 is 0 Å². The normalized spacial score (nSPS) is 11.7. The maximum atomic E-state index is 14.2. The van der Waals surface area contributed by atoms with Gasteiger partial charge in [0.2, 0.25) is 0 Å². The molecule has 7 rings (SSSR count). The average molecular weight is 521 g/mol. The van der Waals surface area contributed by atoms with Crippen LogP contribution < -0.4 is 10.9 Å². The zero-order valence-corrected chi connectivity index (χ0v) is 22.9. The predicted molar refractivity (Wildman–Crippen MR) is 167 cm³/mol. The number of fused-ring (bicyclic) bond motifs is 4. The van der Waals surface area contributed by atoms with Gasteiger partial charge in [-0.2, -0.15) is 0 Å². The quantitative estimate of drug-likeness (QED) is 0.218. The summed E-state index contributed by atoms with van der Waals surface area (Å²) < 4.78 is 4.24. The number of hydrogen-bond donors (Lipinski definition) is 0. The fourth-order valence-corrected chi connectivity index (χ4v) is 5.91. The molecule has 4 heteroatoms. The number of nitrogens with zero attached hydrogens (tertiary/aromatic N) is 2. The molecule has 0 atom stereocenters. The van der Waals surface area contributed by atoms with Gasteiger partial charge in [0.25, 0.3) is 0 Å². The van der Waals surface area contributed by atoms with Gasteiger partial charge in [-0.05, 0) is 111 Å². The number of aromatic nitrogens is 2. The smallest absolute Gasteiger partial charge is 0.197 e. The lowest BCUT2D eigenvalue weighted by molar-refractivity contribution is 1.14. The van der Waals surface area contributed by atoms with E-state index in [0.717, 1.165) is 55.7 Å². The van der Waals surface area contributed by atoms with Crippen LogP contribution in [0, 0.1) is 27.7 Å². The van der Waals surface area contributed by atoms with Crippen molar-refractivity contribution >= 4 is 43.6 Å². The summed E-state index contributed by atoms with van der Waals surface area (Å²) in [5, 5.41) is 2.50. The average Bonchev–Trinajstić information content (AvgIpc) is 2.96. The molecule has 0 aliphatic rings. The van der Waals surface area contributed by atoms with E-state index in [2.05, 4.69) is 35.1 Å². The second kappa shape index (κ2) is 8.78. The first kappa shape index (κ1) is 24.1. The van der Waals surface area contributed by atoms with Crippen molar-refractivity contribution in [3.63, 3.8) is 0 Å². The maximum Gasteiger partial charge on any atom is 0.197 e. The van der Waals surface area contributed by atoms with E-state index in [0.29, 0.717) is 21.5 Å². The molecule has 7 aromatic rings. The van der Waals surface area contributed by atoms with Crippen molar-refractivity contribution in [1.82, 2.24) is 9.13 Å². The molecule has 0 saturated heterocycles. The zero-order valence-electron chi connectivity index (χ0n) is 22.9. The topological polar surface area (TPSA) is 44.0 Å². The fraction of sp³-hybridized carbons (Fsp3) is 0.111. The molecule has 0 fully saturated rings. The molecule has 0 unspecified atom stereocenters. The molecule has 5 aromatic carbocycles. The largest absolute Gasteiger partial charge is 0.309 e. The van der Waals surface area contributed by atoms with Crippen molar-refractivity contribution in [2.24, 2.45) is 0 Å². The maximum absolute atomic E-state index is 14.2. The van der Waals surface area contributed by atoms with E-state index in [9.17, 15) is 9.59 Å². The van der Waals surface area contributed by atoms with Gasteiger partial charge in [-0.3, -0.25) is 9.59 Å². The van der Waals surface area contributed by atoms with Gasteiger partial charge in [0.1, 0.15) is 0 Å². The van der Waals surface area contributed by atoms with Gasteiger partial charge in [0.05, 0.1) is 22.1 Å². The number of rotatable bonds is 2. The highest BCUT2D eigenvalue weighted by Gasteiger charge is 2.19. The Labute approximate surface area is 231 Å². The number of hydrogen-bond acceptors (Lipinski definition) is 2. The van der Waals surface area contributed by atoms with Gasteiger partial charge in [-0.25, -0.2) is 0 Å². The van der Waals surface area contributed by atoms with E-state index in [1.54, 1.807) is 0 Å². The van der Waals surface area contributed by atoms with E-state index in [4.69, 9.17) is 0 Å². The lowest BCUT2D eigenvalue weighted by Gasteiger charge is -2.20. The molecule has 4 nitrogen and oxygen atoms in total. The summed E-state index contributed by atoms with van der Waals surface area (Å²) in [7, 11) is 0. The molecular weight excluding hydrogens is 492 g/mol. The highest BCUT2D eigenvalue weighted by Crippen LogP contribution is 2.32. The summed E-state index contributed by atoms with van der Waals surface area (Å²) in [4.78, 5) is 28.3. The molecule has 2 aromatic heterocycles. The molecule has 0 spiro atoms. The molecule has 40 heavy (non-hydrogen) atoms. The number of benzene rings is 5. The molecule has 0 radical (unpaired) electrons. The highest BCUT2D eigenvalue weighted by molar-refractivity contribution is 6.05. The number of pyridine rings is 2. The van der Waals surface area contributed by atoms with Crippen LogP contribution in [0.25, 0.3) is 55.0 Å². The Morgan fingerprint density at radius 1 is 0.400 bits per heavy atom. The molecular formula is C36H28N2O2. The SMILES string of the molecule is Cc1cc2c(=O)c3cc4c(cc3n(-c3ccccc3)c2cc1C)c(=O)c1cc(C)c(C)cc1n4-c1ccccc1. The minimum Gasteiger partial charge on any atom is -0.309 e. The van der Waals surface area contributed by atoms with Crippen LogP contribution in [0.5, 0.6) is 0 Å². The molecule has 0 N–H and O–H groups in total. The fourth-order valence-electron chi connectivity index (χ4n) is 5.91. The van der Waals surface area contributed by atoms with Crippen LogP contribution in [0.3, 0.4) is 0 Å². The molecule has 0 amide bonds. The van der Waals surface area contributed by atoms with Crippen LogP contribution in [0.2, 0.25) is 0 Å². The Bertz CT molecular complexity index is 2110. The van der Waals surface area contributed by atoms with Crippen LogP contribution in [0.4, 0.5) is 0 Å². The molecule has 194 valence electrons. The molecule has 2 heterocycles. The van der Waals surface area contributed by atoms with Gasteiger partial charge in [-0.15, -0.1) is 0 Å². The van der Waals surface area contributed by atoms with E-state index in [-0.39, 0.29) is 10.9 Å². The van der Waals surface area contributed by atoms with Crippen molar-refractivity contribution in [3.8, 4) is 11.4 Å². The van der Waals surface area contributed by atoms with Crippen LogP contribution in [0.15, 0.2) is 107 Å². The first-order valence-corrected chi connectivity index (χ1v) is 13.5. The first-order chi connectivity index (χ1) is 19.3. The lowest BCUT2D eigenvalue weighted by Crippen LogP contribution is -2.15. The minimum absolute atomic E-state index is 0.0329. The monoisotopic (exact) mass is 520 g/mol. The second-order valence-corrected chi connectivity index (χ2v) is 10.8. The molecule has 0 saturated carbocycles. The van der Waals surface area contributed by atoms with Crippen molar-refractivity contribution in [2.45, 2.75) is 27.7 Å². The third-order valence-corrected chi connectivity index (χ3v) is 8.31. The Morgan fingerprint density at radius 3 is 1.07 bits per heavy atom. The Morgan fingerprint density at radius 2 is 0.700 bits per heavy atom. The predicted octanol–water partition coefficient (Wildman–Crippen LogP) is 7.83. The number of para-hydroxylation sites is 2. The Hall–Kier alpha value is -4.96. The van der Waals surface area contributed by atoms with Gasteiger partial charge in [-0.1, -0.05) is 36.4 Å². The lowest BCUT2D eigenvalue weighted by atomic mass is 9.99. The minimum atomic E-state index is -0.0329. The summed E-state index contributed by atoms with van der Waals surface area (Å²) in [6.45, 7) is 8.20. The van der Waals surface area contributed by atoms with Gasteiger partial charge in [0.15, 0.2) is 10.9 Å². The van der Waals surface area contributed by atoms with Crippen molar-refractivity contribution in [1.29, 1.82) is 0 Å².